The maximum atomic E-state index is 13.2. The van der Waals surface area contributed by atoms with Gasteiger partial charge in [-0.3, -0.25) is 4.79 Å². The van der Waals surface area contributed by atoms with Crippen LogP contribution in [0.3, 0.4) is 0 Å². The highest BCUT2D eigenvalue weighted by atomic mass is 32.1. The maximum Gasteiger partial charge on any atom is 0.407 e. The predicted octanol–water partition coefficient (Wildman–Crippen LogP) is -0.00910. The van der Waals surface area contributed by atoms with Gasteiger partial charge in [-0.25, -0.2) is 9.78 Å². The minimum Gasteiger partial charge on any atom is -0.494 e. The number of ether oxygens (including phenoxy) is 3. The van der Waals surface area contributed by atoms with Crippen LogP contribution in [0.2, 0.25) is 0 Å². The Hall–Kier alpha value is -4.86. The van der Waals surface area contributed by atoms with Crippen LogP contribution in [0, 0.1) is 0 Å². The summed E-state index contributed by atoms with van der Waals surface area (Å²) in [6, 6.07) is 10.5. The zero-order valence-corrected chi connectivity index (χ0v) is 24.8. The molecule has 2 amide bonds. The second-order valence-electron chi connectivity index (χ2n) is 9.77. The van der Waals surface area contributed by atoms with Gasteiger partial charge in [0, 0.05) is 23.2 Å². The van der Waals surface area contributed by atoms with E-state index in [9.17, 15) is 9.59 Å². The number of carbonyl (C=O) groups excluding carboxylic acids is 2. The minimum atomic E-state index is -0.529. The van der Waals surface area contributed by atoms with Crippen LogP contribution in [0.5, 0.6) is 11.6 Å². The molecule has 0 saturated heterocycles. The third kappa shape index (κ3) is 7.66. The van der Waals surface area contributed by atoms with Gasteiger partial charge in [-0.15, -0.1) is 31.7 Å². The largest absolute Gasteiger partial charge is 0.494 e. The van der Waals surface area contributed by atoms with E-state index < -0.39 is 17.2 Å². The van der Waals surface area contributed by atoms with Crippen LogP contribution in [-0.2, 0) is 11.3 Å². The first-order valence-electron chi connectivity index (χ1n) is 12.7. The molecule has 1 aromatic carbocycles. The number of benzene rings is 1. The smallest absolute Gasteiger partial charge is 0.407 e. The number of rotatable bonds is 11. The third-order valence-corrected chi connectivity index (χ3v) is 6.50. The average molecular weight is 587 g/mol. The van der Waals surface area contributed by atoms with E-state index in [0.717, 1.165) is 4.88 Å². The molecule has 18 heteroatoms. The van der Waals surface area contributed by atoms with Crippen molar-refractivity contribution in [3.8, 4) is 22.2 Å². The van der Waals surface area contributed by atoms with E-state index in [0.29, 0.717) is 45.2 Å². The molecule has 0 radical (unpaired) electrons. The van der Waals surface area contributed by atoms with Crippen molar-refractivity contribution in [3.63, 3.8) is 0 Å². The number of anilines is 4. The Balaban J connectivity index is 1.68. The van der Waals surface area contributed by atoms with Gasteiger partial charge in [0.05, 0.1) is 44.8 Å². The van der Waals surface area contributed by atoms with E-state index in [-0.39, 0.29) is 12.2 Å². The van der Waals surface area contributed by atoms with Crippen molar-refractivity contribution in [2.24, 2.45) is 0 Å². The summed E-state index contributed by atoms with van der Waals surface area (Å²) in [7, 11) is 9.97. The molecule has 0 aliphatic rings. The molecule has 14 nitrogen and oxygen atoms in total. The zero-order valence-electron chi connectivity index (χ0n) is 23.9. The van der Waals surface area contributed by atoms with Crippen molar-refractivity contribution in [2.75, 3.05) is 32.0 Å². The van der Waals surface area contributed by atoms with Gasteiger partial charge in [-0.2, -0.15) is 0 Å². The van der Waals surface area contributed by atoms with Crippen LogP contribution in [0.25, 0.3) is 10.6 Å². The van der Waals surface area contributed by atoms with E-state index in [1.54, 1.807) is 31.5 Å². The number of hydrogen-bond donors (Lipinski definition) is 4. The lowest BCUT2D eigenvalue weighted by Crippen LogP contribution is -2.50. The van der Waals surface area contributed by atoms with Gasteiger partial charge in [0.15, 0.2) is 23.1 Å². The molecule has 4 aromatic rings. The Bertz CT molecular complexity index is 1570. The number of methoxy groups -OCH3 is 3. The zero-order chi connectivity index (χ0) is 30.3. The van der Waals surface area contributed by atoms with E-state index in [4.69, 9.17) is 9.47 Å². The first-order chi connectivity index (χ1) is 20.1. The molecule has 0 bridgehead atoms. The maximum absolute atomic E-state index is 13.2. The Labute approximate surface area is 248 Å². The van der Waals surface area contributed by atoms with Crippen LogP contribution >= 0.6 is 11.3 Å². The Kier molecular flexibility index (Phi) is 9.47. The monoisotopic (exact) mass is 587 g/mol. The summed E-state index contributed by atoms with van der Waals surface area (Å²) in [6.07, 6.45) is 1.15. The number of amides is 2. The normalized spacial score (nSPS) is 10.8. The lowest BCUT2D eigenvalue weighted by molar-refractivity contribution is 0.0947. The van der Waals surface area contributed by atoms with E-state index in [1.807, 2.05) is 41.7 Å². The van der Waals surface area contributed by atoms with Crippen molar-refractivity contribution >= 4 is 69.9 Å². The van der Waals surface area contributed by atoms with Gasteiger partial charge in [-0.1, -0.05) is 6.07 Å². The van der Waals surface area contributed by atoms with Gasteiger partial charge in [0.2, 0.25) is 5.88 Å². The standard InChI is InChI=1S/C24H28B3N9O5S/c1-39-18-8-7-16(33-35-18)31-17-9-15(19(36-34-17)21(37)32-24(25,26)27)30-14-6-4-5-13(20(14)40-2)22-28-10-12(42-22)11-29-23(38)41-3/h4-10H,11,25-27H2,1-3H3,(H,29,38)(H,32,37)(H2,30,31,33,34). The summed E-state index contributed by atoms with van der Waals surface area (Å²) in [6.45, 7) is 0.272. The molecule has 3 aromatic heterocycles. The molecule has 0 unspecified atom stereocenters. The molecular weight excluding hydrogens is 559 g/mol. The lowest BCUT2D eigenvalue weighted by Gasteiger charge is -2.22. The second kappa shape index (κ2) is 13.2. The average Bonchev–Trinajstić information content (AvgIpc) is 3.44. The number of nitrogens with one attached hydrogen (secondary N) is 4. The number of thiazole rings is 1. The number of aromatic nitrogens is 5. The highest BCUT2D eigenvalue weighted by Crippen LogP contribution is 2.40. The first kappa shape index (κ1) is 30.1. The van der Waals surface area contributed by atoms with Gasteiger partial charge in [-0.05, 0) is 23.4 Å². The third-order valence-electron chi connectivity index (χ3n) is 5.47. The molecule has 42 heavy (non-hydrogen) atoms. The molecule has 4 rings (SSSR count). The molecule has 4 N–H and O–H groups in total. The van der Waals surface area contributed by atoms with Crippen molar-refractivity contribution in [1.29, 1.82) is 0 Å². The van der Waals surface area contributed by atoms with Crippen LogP contribution in [0.15, 0.2) is 42.6 Å². The van der Waals surface area contributed by atoms with Crippen LogP contribution in [0.4, 0.5) is 27.8 Å². The topological polar surface area (TPSA) is 174 Å². The number of alkyl carbamates (subject to hydrolysis) is 1. The molecule has 0 aliphatic heterocycles. The predicted molar refractivity (Wildman–Crippen MR) is 166 cm³/mol. The summed E-state index contributed by atoms with van der Waals surface area (Å²) in [5.41, 5.74) is 1.72. The summed E-state index contributed by atoms with van der Waals surface area (Å²) in [5, 5.41) is 28.4. The summed E-state index contributed by atoms with van der Waals surface area (Å²) < 4.78 is 15.5. The summed E-state index contributed by atoms with van der Waals surface area (Å²) in [4.78, 5) is 30.0. The Morgan fingerprint density at radius 2 is 1.71 bits per heavy atom. The number of para-hydroxylation sites is 1. The van der Waals surface area contributed by atoms with Crippen LogP contribution in [-0.4, -0.2) is 87.5 Å². The first-order valence-corrected chi connectivity index (χ1v) is 13.5. The van der Waals surface area contributed by atoms with Crippen molar-refractivity contribution < 1.29 is 23.8 Å². The number of nitrogens with zero attached hydrogens (tertiary/aromatic N) is 5. The highest BCUT2D eigenvalue weighted by Gasteiger charge is 2.23. The molecule has 0 aliphatic carbocycles. The molecule has 0 saturated carbocycles. The molecule has 214 valence electrons. The molecular formula is C24H28B3N9O5S. The van der Waals surface area contributed by atoms with Gasteiger partial charge in [0.1, 0.15) is 28.5 Å². The fourth-order valence-corrected chi connectivity index (χ4v) is 4.53. The van der Waals surface area contributed by atoms with E-state index >= 15 is 0 Å². The Morgan fingerprint density at radius 3 is 2.38 bits per heavy atom. The summed E-state index contributed by atoms with van der Waals surface area (Å²) >= 11 is 1.40. The molecule has 0 fully saturated rings. The summed E-state index contributed by atoms with van der Waals surface area (Å²) in [5.74, 6) is 1.17. The van der Waals surface area contributed by atoms with E-state index in [2.05, 4.69) is 51.4 Å². The van der Waals surface area contributed by atoms with Crippen molar-refractivity contribution in [1.82, 2.24) is 36.0 Å². The van der Waals surface area contributed by atoms with E-state index in [1.165, 1.54) is 25.6 Å². The van der Waals surface area contributed by atoms with Crippen LogP contribution in [0.1, 0.15) is 15.4 Å². The van der Waals surface area contributed by atoms with Crippen LogP contribution < -0.4 is 30.7 Å². The SMILES string of the molecule is BC(B)(B)NC(=O)c1nnc(Nc2ccc(OC)nn2)cc1Nc1cccc(-c2ncc(CNC(=O)OC)s2)c1OC. The molecule has 0 spiro atoms. The second-order valence-corrected chi connectivity index (χ2v) is 10.9. The minimum absolute atomic E-state index is 0.0779. The van der Waals surface area contributed by atoms with Gasteiger partial charge in [0.25, 0.3) is 5.91 Å². The fourth-order valence-electron chi connectivity index (χ4n) is 3.66. The quantitative estimate of drug-likeness (QED) is 0.173. The highest BCUT2D eigenvalue weighted by molar-refractivity contribution is 7.15. The molecule has 3 heterocycles. The number of carbonyl (C=O) groups is 2. The fraction of sp³-hybridized carbons (Fsp3) is 0.208. The van der Waals surface area contributed by atoms with Crippen molar-refractivity contribution in [2.45, 2.75) is 11.8 Å². The van der Waals surface area contributed by atoms with Crippen molar-refractivity contribution in [3.05, 3.63) is 53.2 Å². The Morgan fingerprint density at radius 1 is 0.929 bits per heavy atom. The van der Waals surface area contributed by atoms with Gasteiger partial charge >= 0.3 is 6.09 Å². The number of hydrogen-bond acceptors (Lipinski definition) is 13. The lowest BCUT2D eigenvalue weighted by atomic mass is 9.49. The van der Waals surface area contributed by atoms with Gasteiger partial charge < -0.3 is 35.5 Å². The molecule has 0 atom stereocenters.